The highest BCUT2D eigenvalue weighted by Gasteiger charge is 2.01. The molecule has 0 aliphatic rings. The zero-order valence-corrected chi connectivity index (χ0v) is 7.57. The predicted octanol–water partition coefficient (Wildman–Crippen LogP) is 2.10. The van der Waals surface area contributed by atoms with Gasteiger partial charge in [-0.25, -0.2) is 0 Å². The van der Waals surface area contributed by atoms with E-state index in [-0.39, 0.29) is 0 Å². The SMILES string of the molecule is Cc1cccc(N(O)CCC#N)c1. The van der Waals surface area contributed by atoms with Crippen molar-refractivity contribution in [3.8, 4) is 6.07 Å². The van der Waals surface area contributed by atoms with Crippen molar-refractivity contribution in [2.45, 2.75) is 13.3 Å². The van der Waals surface area contributed by atoms with E-state index in [0.29, 0.717) is 13.0 Å². The molecule has 0 aliphatic carbocycles. The molecule has 13 heavy (non-hydrogen) atoms. The van der Waals surface area contributed by atoms with Crippen molar-refractivity contribution in [1.29, 1.82) is 5.26 Å². The molecule has 1 N–H and O–H groups in total. The second-order valence-electron chi connectivity index (χ2n) is 2.87. The highest BCUT2D eigenvalue weighted by atomic mass is 16.5. The summed E-state index contributed by atoms with van der Waals surface area (Å²) in [5, 5.41) is 18.9. The van der Waals surface area contributed by atoms with Crippen molar-refractivity contribution in [3.05, 3.63) is 29.8 Å². The molecule has 1 aromatic carbocycles. The van der Waals surface area contributed by atoms with Crippen molar-refractivity contribution in [1.82, 2.24) is 0 Å². The van der Waals surface area contributed by atoms with Gasteiger partial charge < -0.3 is 0 Å². The molecule has 0 unspecified atom stereocenters. The average Bonchev–Trinajstić information content (AvgIpc) is 2.14. The van der Waals surface area contributed by atoms with E-state index in [9.17, 15) is 5.21 Å². The molecule has 0 heterocycles. The number of anilines is 1. The zero-order chi connectivity index (χ0) is 9.68. The average molecular weight is 176 g/mol. The Morgan fingerprint density at radius 3 is 2.92 bits per heavy atom. The summed E-state index contributed by atoms with van der Waals surface area (Å²) in [4.78, 5) is 0. The smallest absolute Gasteiger partial charge is 0.0641 e. The minimum atomic E-state index is 0.324. The molecule has 0 saturated heterocycles. The Morgan fingerprint density at radius 1 is 1.54 bits per heavy atom. The fourth-order valence-corrected chi connectivity index (χ4v) is 1.07. The van der Waals surface area contributed by atoms with Crippen LogP contribution >= 0.6 is 0 Å². The topological polar surface area (TPSA) is 47.3 Å². The van der Waals surface area contributed by atoms with Crippen LogP contribution in [0.1, 0.15) is 12.0 Å². The van der Waals surface area contributed by atoms with E-state index in [0.717, 1.165) is 16.3 Å². The monoisotopic (exact) mass is 176 g/mol. The van der Waals surface area contributed by atoms with Crippen molar-refractivity contribution in [3.63, 3.8) is 0 Å². The molecular formula is C10H12N2O. The first-order valence-corrected chi connectivity index (χ1v) is 4.14. The summed E-state index contributed by atoms with van der Waals surface area (Å²) >= 11 is 0. The number of hydrogen-bond acceptors (Lipinski definition) is 3. The first-order chi connectivity index (χ1) is 6.24. The lowest BCUT2D eigenvalue weighted by Crippen LogP contribution is -2.18. The lowest BCUT2D eigenvalue weighted by molar-refractivity contribution is 0.256. The van der Waals surface area contributed by atoms with Gasteiger partial charge in [-0.2, -0.15) is 5.26 Å². The van der Waals surface area contributed by atoms with Crippen molar-refractivity contribution in [2.75, 3.05) is 11.6 Å². The van der Waals surface area contributed by atoms with Crippen molar-refractivity contribution >= 4 is 5.69 Å². The molecule has 0 bridgehead atoms. The summed E-state index contributed by atoms with van der Waals surface area (Å²) in [7, 11) is 0. The van der Waals surface area contributed by atoms with Crippen LogP contribution in [-0.2, 0) is 0 Å². The second kappa shape index (κ2) is 4.48. The summed E-state index contributed by atoms with van der Waals surface area (Å²) in [5.74, 6) is 0. The van der Waals surface area contributed by atoms with Crippen LogP contribution in [0.3, 0.4) is 0 Å². The van der Waals surface area contributed by atoms with E-state index in [4.69, 9.17) is 5.26 Å². The maximum Gasteiger partial charge on any atom is 0.0641 e. The van der Waals surface area contributed by atoms with Crippen LogP contribution in [0.4, 0.5) is 5.69 Å². The van der Waals surface area contributed by atoms with Gasteiger partial charge in [0.05, 0.1) is 24.7 Å². The fourth-order valence-electron chi connectivity index (χ4n) is 1.07. The molecule has 0 radical (unpaired) electrons. The van der Waals surface area contributed by atoms with E-state index in [2.05, 4.69) is 0 Å². The summed E-state index contributed by atoms with van der Waals surface area (Å²) in [5.41, 5.74) is 1.82. The zero-order valence-electron chi connectivity index (χ0n) is 7.57. The highest BCUT2D eigenvalue weighted by molar-refractivity contribution is 5.45. The Balaban J connectivity index is 2.66. The van der Waals surface area contributed by atoms with E-state index >= 15 is 0 Å². The van der Waals surface area contributed by atoms with Crippen LogP contribution in [0.2, 0.25) is 0 Å². The van der Waals surface area contributed by atoms with Crippen LogP contribution in [0.15, 0.2) is 24.3 Å². The molecule has 68 valence electrons. The Labute approximate surface area is 77.8 Å². The molecule has 0 spiro atoms. The number of hydroxylamine groups is 1. The fraction of sp³-hybridized carbons (Fsp3) is 0.300. The van der Waals surface area contributed by atoms with Gasteiger partial charge in [-0.1, -0.05) is 12.1 Å². The predicted molar refractivity (Wildman–Crippen MR) is 50.5 cm³/mol. The summed E-state index contributed by atoms with van der Waals surface area (Å²) in [6.07, 6.45) is 0.324. The highest BCUT2D eigenvalue weighted by Crippen LogP contribution is 2.13. The molecule has 0 fully saturated rings. The summed E-state index contributed by atoms with van der Waals surface area (Å²) in [6.45, 7) is 2.31. The van der Waals surface area contributed by atoms with Gasteiger partial charge in [0.2, 0.25) is 0 Å². The molecule has 3 heteroatoms. The van der Waals surface area contributed by atoms with Gasteiger partial charge in [0.25, 0.3) is 0 Å². The van der Waals surface area contributed by atoms with Gasteiger partial charge in [0.15, 0.2) is 0 Å². The van der Waals surface area contributed by atoms with Crippen LogP contribution in [0, 0.1) is 18.3 Å². The quantitative estimate of drug-likeness (QED) is 0.717. The van der Waals surface area contributed by atoms with Gasteiger partial charge >= 0.3 is 0 Å². The number of hydrogen-bond donors (Lipinski definition) is 1. The van der Waals surface area contributed by atoms with Gasteiger partial charge in [-0.05, 0) is 24.6 Å². The van der Waals surface area contributed by atoms with Crippen molar-refractivity contribution in [2.24, 2.45) is 0 Å². The molecule has 0 saturated carbocycles. The van der Waals surface area contributed by atoms with Crippen LogP contribution in [-0.4, -0.2) is 11.8 Å². The second-order valence-corrected chi connectivity index (χ2v) is 2.87. The largest absolute Gasteiger partial charge is 0.288 e. The number of benzene rings is 1. The van der Waals surface area contributed by atoms with E-state index in [1.54, 1.807) is 0 Å². The number of rotatable bonds is 3. The third-order valence-electron chi connectivity index (χ3n) is 1.74. The molecular weight excluding hydrogens is 164 g/mol. The van der Waals surface area contributed by atoms with Crippen LogP contribution in [0.25, 0.3) is 0 Å². The lowest BCUT2D eigenvalue weighted by Gasteiger charge is -2.15. The van der Waals surface area contributed by atoms with Gasteiger partial charge in [-0.3, -0.25) is 10.3 Å². The first kappa shape index (κ1) is 9.56. The molecule has 0 atom stereocenters. The maximum atomic E-state index is 9.46. The van der Waals surface area contributed by atoms with Gasteiger partial charge in [-0.15, -0.1) is 0 Å². The van der Waals surface area contributed by atoms with Crippen LogP contribution < -0.4 is 5.06 Å². The number of aryl methyl sites for hydroxylation is 1. The number of nitrogens with zero attached hydrogens (tertiary/aromatic N) is 2. The number of nitriles is 1. The van der Waals surface area contributed by atoms with E-state index in [1.165, 1.54) is 0 Å². The maximum absolute atomic E-state index is 9.46. The first-order valence-electron chi connectivity index (χ1n) is 4.14. The van der Waals surface area contributed by atoms with E-state index < -0.39 is 0 Å². The molecule has 0 amide bonds. The Bertz CT molecular complexity index is 317. The Morgan fingerprint density at radius 2 is 2.31 bits per heavy atom. The van der Waals surface area contributed by atoms with E-state index in [1.807, 2.05) is 37.3 Å². The van der Waals surface area contributed by atoms with Gasteiger partial charge in [0, 0.05) is 0 Å². The third-order valence-corrected chi connectivity index (χ3v) is 1.74. The van der Waals surface area contributed by atoms with Gasteiger partial charge in [0.1, 0.15) is 0 Å². The standard InChI is InChI=1S/C10H12N2O/c1-9-4-2-5-10(8-9)12(13)7-3-6-11/h2,4-5,8,13H,3,7H2,1H3. The Kier molecular flexibility index (Phi) is 3.30. The molecule has 1 rings (SSSR count). The van der Waals surface area contributed by atoms with Crippen molar-refractivity contribution < 1.29 is 5.21 Å². The lowest BCUT2D eigenvalue weighted by atomic mass is 10.2. The molecule has 0 aliphatic heterocycles. The third kappa shape index (κ3) is 2.77. The molecule has 0 aromatic heterocycles. The Hall–Kier alpha value is -1.53. The summed E-state index contributed by atoms with van der Waals surface area (Å²) < 4.78 is 0. The normalized spacial score (nSPS) is 9.31. The molecule has 1 aromatic rings. The minimum absolute atomic E-state index is 0.324. The minimum Gasteiger partial charge on any atom is -0.288 e. The molecule has 3 nitrogen and oxygen atoms in total. The van der Waals surface area contributed by atoms with Crippen LogP contribution in [0.5, 0.6) is 0 Å². The summed E-state index contributed by atoms with van der Waals surface area (Å²) in [6, 6.07) is 9.50.